The number of nitrogens with zero attached hydrogens (tertiary/aromatic N) is 2. The predicted molar refractivity (Wildman–Crippen MR) is 108 cm³/mol. The molecule has 0 saturated heterocycles. The fourth-order valence-electron chi connectivity index (χ4n) is 2.30. The van der Waals surface area contributed by atoms with Gasteiger partial charge in [-0.2, -0.15) is 0 Å². The smallest absolute Gasteiger partial charge is 0.258 e. The van der Waals surface area contributed by atoms with E-state index in [1.165, 1.54) is 0 Å². The molecule has 0 saturated carbocycles. The van der Waals surface area contributed by atoms with Gasteiger partial charge in [-0.25, -0.2) is 0 Å². The van der Waals surface area contributed by atoms with Crippen molar-refractivity contribution in [2.24, 2.45) is 0 Å². The fraction of sp³-hybridized carbons (Fsp3) is 0.150. The van der Waals surface area contributed by atoms with Gasteiger partial charge in [0, 0.05) is 11.6 Å². The summed E-state index contributed by atoms with van der Waals surface area (Å²) < 4.78 is 10.8. The molecule has 6 nitrogen and oxygen atoms in total. The summed E-state index contributed by atoms with van der Waals surface area (Å²) in [6, 6.07) is 18.3. The van der Waals surface area contributed by atoms with Crippen LogP contribution in [0.15, 0.2) is 60.7 Å². The number of benzene rings is 2. The summed E-state index contributed by atoms with van der Waals surface area (Å²) in [4.78, 5) is 11.8. The van der Waals surface area contributed by atoms with E-state index in [2.05, 4.69) is 15.5 Å². The van der Waals surface area contributed by atoms with Gasteiger partial charge < -0.3 is 14.8 Å². The third-order valence-electron chi connectivity index (χ3n) is 3.66. The number of ether oxygens (including phenoxy) is 2. The van der Waals surface area contributed by atoms with E-state index < -0.39 is 0 Å². The molecule has 0 spiro atoms. The molecule has 144 valence electrons. The highest BCUT2D eigenvalue weighted by molar-refractivity contribution is 6.42. The molecule has 3 aromatic rings. The van der Waals surface area contributed by atoms with Gasteiger partial charge in [0.1, 0.15) is 17.4 Å². The molecule has 1 N–H and O–H groups in total. The lowest BCUT2D eigenvalue weighted by atomic mass is 10.1. The van der Waals surface area contributed by atoms with Gasteiger partial charge >= 0.3 is 0 Å². The fourth-order valence-corrected chi connectivity index (χ4v) is 2.64. The van der Waals surface area contributed by atoms with Crippen LogP contribution in [-0.4, -0.2) is 35.9 Å². The van der Waals surface area contributed by atoms with Crippen LogP contribution >= 0.6 is 23.2 Å². The van der Waals surface area contributed by atoms with E-state index in [4.69, 9.17) is 32.7 Å². The van der Waals surface area contributed by atoms with Crippen LogP contribution in [0.4, 0.5) is 0 Å². The molecular weight excluding hydrogens is 401 g/mol. The lowest BCUT2D eigenvalue weighted by Crippen LogP contribution is -2.32. The van der Waals surface area contributed by atoms with Crippen molar-refractivity contribution in [1.82, 2.24) is 15.5 Å². The molecule has 1 heterocycles. The Kier molecular flexibility index (Phi) is 7.06. The molecule has 0 aliphatic rings. The highest BCUT2D eigenvalue weighted by atomic mass is 35.5. The van der Waals surface area contributed by atoms with Gasteiger partial charge in [-0.15, -0.1) is 10.2 Å². The van der Waals surface area contributed by atoms with Crippen molar-refractivity contribution >= 4 is 29.1 Å². The molecule has 0 unspecified atom stereocenters. The second kappa shape index (κ2) is 9.92. The van der Waals surface area contributed by atoms with Crippen molar-refractivity contribution < 1.29 is 14.3 Å². The Hall–Kier alpha value is -2.83. The Morgan fingerprint density at radius 2 is 1.75 bits per heavy atom. The molecular formula is C20H17Cl2N3O3. The van der Waals surface area contributed by atoms with E-state index in [-0.39, 0.29) is 24.1 Å². The first-order valence-corrected chi connectivity index (χ1v) is 9.24. The van der Waals surface area contributed by atoms with Crippen LogP contribution in [0.5, 0.6) is 11.6 Å². The molecule has 0 aliphatic carbocycles. The Bertz CT molecular complexity index is 922. The van der Waals surface area contributed by atoms with Gasteiger partial charge in [0.25, 0.3) is 5.91 Å². The summed E-state index contributed by atoms with van der Waals surface area (Å²) in [5.41, 5.74) is 1.74. The number of nitrogens with one attached hydrogen (secondary N) is 1. The molecule has 28 heavy (non-hydrogen) atoms. The van der Waals surface area contributed by atoms with Crippen molar-refractivity contribution in [2.45, 2.75) is 0 Å². The minimum atomic E-state index is -0.301. The highest BCUT2D eigenvalue weighted by Crippen LogP contribution is 2.31. The van der Waals surface area contributed by atoms with Crippen LogP contribution in [0.3, 0.4) is 0 Å². The number of amides is 1. The van der Waals surface area contributed by atoms with Crippen molar-refractivity contribution in [2.75, 3.05) is 19.8 Å². The zero-order valence-electron chi connectivity index (χ0n) is 14.8. The first-order valence-electron chi connectivity index (χ1n) is 8.49. The van der Waals surface area contributed by atoms with E-state index in [9.17, 15) is 4.79 Å². The Balaban J connectivity index is 1.38. The Morgan fingerprint density at radius 3 is 2.50 bits per heavy atom. The van der Waals surface area contributed by atoms with Gasteiger partial charge in [0.05, 0.1) is 17.3 Å². The molecule has 1 aromatic heterocycles. The lowest BCUT2D eigenvalue weighted by molar-refractivity contribution is -0.123. The molecule has 8 heteroatoms. The number of hydrogen-bond acceptors (Lipinski definition) is 5. The third kappa shape index (κ3) is 5.58. The van der Waals surface area contributed by atoms with Gasteiger partial charge in [0.2, 0.25) is 5.88 Å². The summed E-state index contributed by atoms with van der Waals surface area (Å²) in [6.07, 6.45) is 0. The maximum absolute atomic E-state index is 11.8. The first-order chi connectivity index (χ1) is 13.6. The predicted octanol–water partition coefficient (Wildman–Crippen LogP) is 4.02. The van der Waals surface area contributed by atoms with Crippen LogP contribution in [0, 0.1) is 0 Å². The Morgan fingerprint density at radius 1 is 0.929 bits per heavy atom. The second-order valence-corrected chi connectivity index (χ2v) is 6.45. The molecule has 0 bridgehead atoms. The van der Waals surface area contributed by atoms with Gasteiger partial charge in [-0.3, -0.25) is 4.79 Å². The maximum atomic E-state index is 11.8. The van der Waals surface area contributed by atoms with Crippen LogP contribution in [0.25, 0.3) is 11.3 Å². The number of rotatable bonds is 8. The third-order valence-corrected chi connectivity index (χ3v) is 4.46. The second-order valence-electron chi connectivity index (χ2n) is 5.66. The standard InChI is InChI=1S/C20H17Cl2N3O3/c21-15-7-4-8-17(20(15)22)28-13-18(26)23-11-12-27-19-10-9-16(24-25-19)14-5-2-1-3-6-14/h1-10H,11-13H2,(H,23,26). The zero-order chi connectivity index (χ0) is 19.8. The lowest BCUT2D eigenvalue weighted by Gasteiger charge is -2.10. The van der Waals surface area contributed by atoms with Crippen molar-refractivity contribution in [3.63, 3.8) is 0 Å². The van der Waals surface area contributed by atoms with Crippen molar-refractivity contribution in [3.8, 4) is 22.9 Å². The van der Waals surface area contributed by atoms with E-state index in [1.807, 2.05) is 36.4 Å². The van der Waals surface area contributed by atoms with Crippen LogP contribution in [-0.2, 0) is 4.79 Å². The molecule has 0 aliphatic heterocycles. The minimum absolute atomic E-state index is 0.175. The highest BCUT2D eigenvalue weighted by Gasteiger charge is 2.08. The molecule has 0 fully saturated rings. The van der Waals surface area contributed by atoms with Crippen LogP contribution < -0.4 is 14.8 Å². The van der Waals surface area contributed by atoms with Gasteiger partial charge in [-0.05, 0) is 18.2 Å². The topological polar surface area (TPSA) is 73.3 Å². The van der Waals surface area contributed by atoms with E-state index in [0.29, 0.717) is 23.2 Å². The van der Waals surface area contributed by atoms with E-state index >= 15 is 0 Å². The van der Waals surface area contributed by atoms with Gasteiger partial charge in [-0.1, -0.05) is 59.6 Å². The number of carbonyl (C=O) groups is 1. The largest absolute Gasteiger partial charge is 0.482 e. The summed E-state index contributed by atoms with van der Waals surface area (Å²) in [5.74, 6) is 0.440. The molecule has 2 aromatic carbocycles. The van der Waals surface area contributed by atoms with Crippen molar-refractivity contribution in [3.05, 3.63) is 70.7 Å². The van der Waals surface area contributed by atoms with Crippen molar-refractivity contribution in [1.29, 1.82) is 0 Å². The zero-order valence-corrected chi connectivity index (χ0v) is 16.3. The van der Waals surface area contributed by atoms with Crippen LogP contribution in [0.1, 0.15) is 0 Å². The van der Waals surface area contributed by atoms with E-state index in [0.717, 1.165) is 11.3 Å². The average Bonchev–Trinajstić information content (AvgIpc) is 2.73. The first kappa shape index (κ1) is 19.9. The number of halogens is 2. The molecule has 1 amide bonds. The number of carbonyl (C=O) groups excluding carboxylic acids is 1. The van der Waals surface area contributed by atoms with E-state index in [1.54, 1.807) is 24.3 Å². The SMILES string of the molecule is O=C(COc1cccc(Cl)c1Cl)NCCOc1ccc(-c2ccccc2)nn1. The summed E-state index contributed by atoms with van der Waals surface area (Å²) in [6.45, 7) is 0.377. The molecule has 0 radical (unpaired) electrons. The van der Waals surface area contributed by atoms with Gasteiger partial charge in [0.15, 0.2) is 6.61 Å². The number of hydrogen-bond donors (Lipinski definition) is 1. The summed E-state index contributed by atoms with van der Waals surface area (Å²) in [7, 11) is 0. The maximum Gasteiger partial charge on any atom is 0.258 e. The summed E-state index contributed by atoms with van der Waals surface area (Å²) >= 11 is 11.9. The summed E-state index contributed by atoms with van der Waals surface area (Å²) in [5, 5.41) is 11.5. The Labute approximate surface area is 172 Å². The normalized spacial score (nSPS) is 10.4. The van der Waals surface area contributed by atoms with Crippen LogP contribution in [0.2, 0.25) is 10.0 Å². The molecule has 3 rings (SSSR count). The minimum Gasteiger partial charge on any atom is -0.482 e. The number of aromatic nitrogens is 2. The average molecular weight is 418 g/mol. The monoisotopic (exact) mass is 417 g/mol. The molecule has 0 atom stereocenters. The quantitative estimate of drug-likeness (QED) is 0.560.